The van der Waals surface area contributed by atoms with E-state index in [1.54, 1.807) is 16.7 Å². The molecule has 3 aliphatic heterocycles. The SMILES string of the molecule is NCCN1C[C@@]23CC[C@@H](O2)[C@@H](C(=O)NCCSc2ccccc2)[C@H]3C1=O. The summed E-state index contributed by atoms with van der Waals surface area (Å²) in [5.41, 5.74) is 5.16. The number of nitrogens with zero attached hydrogens (tertiary/aromatic N) is 1. The average molecular weight is 375 g/mol. The summed E-state index contributed by atoms with van der Waals surface area (Å²) in [5.74, 6) is 0.0989. The molecule has 3 saturated heterocycles. The van der Waals surface area contributed by atoms with Crippen LogP contribution in [0, 0.1) is 11.8 Å². The van der Waals surface area contributed by atoms with E-state index in [2.05, 4.69) is 17.4 Å². The molecule has 6 nitrogen and oxygen atoms in total. The largest absolute Gasteiger partial charge is 0.368 e. The van der Waals surface area contributed by atoms with Crippen LogP contribution in [-0.2, 0) is 14.3 Å². The molecule has 4 rings (SSSR count). The maximum atomic E-state index is 12.8. The summed E-state index contributed by atoms with van der Waals surface area (Å²) in [6.07, 6.45) is 1.60. The van der Waals surface area contributed by atoms with Crippen LogP contribution in [0.25, 0.3) is 0 Å². The smallest absolute Gasteiger partial charge is 0.229 e. The third-order valence-corrected chi connectivity index (χ3v) is 6.73. The van der Waals surface area contributed by atoms with Gasteiger partial charge in [-0.2, -0.15) is 0 Å². The number of carbonyl (C=O) groups excluding carboxylic acids is 2. The summed E-state index contributed by atoms with van der Waals surface area (Å²) in [4.78, 5) is 28.6. The standard InChI is InChI=1S/C19H25N3O3S/c20-8-10-22-12-19-7-6-14(25-19)15(16(19)18(22)24)17(23)21-9-11-26-13-4-2-1-3-5-13/h1-5,14-16H,6-12,20H2,(H,21,23)/t14-,15-,16+,19-/m1/s1. The second kappa shape index (κ2) is 7.21. The van der Waals surface area contributed by atoms with Gasteiger partial charge in [-0.25, -0.2) is 0 Å². The van der Waals surface area contributed by atoms with Crippen molar-refractivity contribution in [3.63, 3.8) is 0 Å². The van der Waals surface area contributed by atoms with Crippen molar-refractivity contribution in [2.24, 2.45) is 17.6 Å². The van der Waals surface area contributed by atoms with E-state index in [-0.39, 0.29) is 29.8 Å². The van der Waals surface area contributed by atoms with Crippen LogP contribution in [0.15, 0.2) is 35.2 Å². The van der Waals surface area contributed by atoms with Crippen LogP contribution in [0.3, 0.4) is 0 Å². The van der Waals surface area contributed by atoms with Gasteiger partial charge in [-0.05, 0) is 25.0 Å². The molecule has 3 fully saturated rings. The summed E-state index contributed by atoms with van der Waals surface area (Å²) in [6.45, 7) is 2.14. The molecule has 1 spiro atoms. The first-order chi connectivity index (χ1) is 12.6. The van der Waals surface area contributed by atoms with E-state index in [0.29, 0.717) is 26.2 Å². The van der Waals surface area contributed by atoms with Crippen molar-refractivity contribution >= 4 is 23.6 Å². The van der Waals surface area contributed by atoms with E-state index >= 15 is 0 Å². The molecule has 0 saturated carbocycles. The molecule has 1 aromatic carbocycles. The van der Waals surface area contributed by atoms with Gasteiger partial charge in [0, 0.05) is 30.3 Å². The van der Waals surface area contributed by atoms with Crippen LogP contribution in [0.5, 0.6) is 0 Å². The number of thioether (sulfide) groups is 1. The Labute approximate surface area is 157 Å². The minimum Gasteiger partial charge on any atom is -0.368 e. The fourth-order valence-corrected chi connectivity index (χ4v) is 5.45. The summed E-state index contributed by atoms with van der Waals surface area (Å²) in [5, 5.41) is 3.02. The van der Waals surface area contributed by atoms with E-state index in [1.165, 1.54) is 4.90 Å². The van der Waals surface area contributed by atoms with Crippen molar-refractivity contribution in [1.82, 2.24) is 10.2 Å². The molecule has 3 N–H and O–H groups in total. The molecule has 7 heteroatoms. The minimum absolute atomic E-state index is 0.0384. The lowest BCUT2D eigenvalue weighted by atomic mass is 9.73. The quantitative estimate of drug-likeness (QED) is 0.545. The highest BCUT2D eigenvalue weighted by atomic mass is 32.2. The highest BCUT2D eigenvalue weighted by Crippen LogP contribution is 2.55. The summed E-state index contributed by atoms with van der Waals surface area (Å²) in [7, 11) is 0. The minimum atomic E-state index is -0.461. The molecule has 1 aromatic rings. The summed E-state index contributed by atoms with van der Waals surface area (Å²) in [6, 6.07) is 10.1. The van der Waals surface area contributed by atoms with Gasteiger partial charge in [-0.3, -0.25) is 9.59 Å². The van der Waals surface area contributed by atoms with Gasteiger partial charge in [0.25, 0.3) is 0 Å². The Hall–Kier alpha value is -1.57. The highest BCUT2D eigenvalue weighted by Gasteiger charge is 2.68. The van der Waals surface area contributed by atoms with Crippen molar-refractivity contribution in [2.45, 2.75) is 29.4 Å². The number of ether oxygens (including phenoxy) is 1. The third kappa shape index (κ3) is 3.02. The lowest BCUT2D eigenvalue weighted by molar-refractivity contribution is -0.138. The molecule has 4 atom stereocenters. The number of benzene rings is 1. The zero-order valence-electron chi connectivity index (χ0n) is 14.7. The summed E-state index contributed by atoms with van der Waals surface area (Å²) >= 11 is 1.71. The second-order valence-corrected chi connectivity index (χ2v) is 8.43. The first kappa shape index (κ1) is 17.8. The van der Waals surface area contributed by atoms with Crippen molar-refractivity contribution in [3.05, 3.63) is 30.3 Å². The lowest BCUT2D eigenvalue weighted by Gasteiger charge is -2.26. The molecule has 0 aromatic heterocycles. The zero-order valence-corrected chi connectivity index (χ0v) is 15.5. The molecule has 2 bridgehead atoms. The van der Waals surface area contributed by atoms with E-state index < -0.39 is 5.60 Å². The first-order valence-corrected chi connectivity index (χ1v) is 10.3. The Morgan fingerprint density at radius 3 is 2.96 bits per heavy atom. The Morgan fingerprint density at radius 1 is 1.38 bits per heavy atom. The van der Waals surface area contributed by atoms with E-state index in [9.17, 15) is 9.59 Å². The number of hydrogen-bond acceptors (Lipinski definition) is 5. The van der Waals surface area contributed by atoms with Crippen molar-refractivity contribution in [2.75, 3.05) is 31.9 Å². The summed E-state index contributed by atoms with van der Waals surface area (Å²) < 4.78 is 6.17. The Morgan fingerprint density at radius 2 is 2.19 bits per heavy atom. The van der Waals surface area contributed by atoms with Gasteiger partial charge in [0.1, 0.15) is 0 Å². The van der Waals surface area contributed by atoms with Gasteiger partial charge in [0.15, 0.2) is 0 Å². The number of likely N-dealkylation sites (tertiary alicyclic amines) is 1. The molecular formula is C19H25N3O3S. The molecule has 0 radical (unpaired) electrons. The van der Waals surface area contributed by atoms with E-state index in [1.807, 2.05) is 18.2 Å². The second-order valence-electron chi connectivity index (χ2n) is 7.26. The fraction of sp³-hybridized carbons (Fsp3) is 0.579. The van der Waals surface area contributed by atoms with Crippen LogP contribution in [0.4, 0.5) is 0 Å². The molecule has 0 aliphatic carbocycles. The maximum Gasteiger partial charge on any atom is 0.229 e. The van der Waals surface area contributed by atoms with Crippen LogP contribution in [0.2, 0.25) is 0 Å². The van der Waals surface area contributed by atoms with Gasteiger partial charge in [0.2, 0.25) is 11.8 Å². The fourth-order valence-electron chi connectivity index (χ4n) is 4.66. The number of nitrogens with two attached hydrogens (primary N) is 1. The van der Waals surface area contributed by atoms with Crippen LogP contribution < -0.4 is 11.1 Å². The van der Waals surface area contributed by atoms with Crippen molar-refractivity contribution in [1.29, 1.82) is 0 Å². The Bertz CT molecular complexity index is 686. The zero-order chi connectivity index (χ0) is 18.1. The number of amides is 2. The van der Waals surface area contributed by atoms with Gasteiger partial charge in [-0.1, -0.05) is 18.2 Å². The normalized spacial score (nSPS) is 32.1. The number of nitrogens with one attached hydrogen (secondary N) is 1. The highest BCUT2D eigenvalue weighted by molar-refractivity contribution is 7.99. The molecule has 2 amide bonds. The topological polar surface area (TPSA) is 84.7 Å². The molecular weight excluding hydrogens is 350 g/mol. The van der Waals surface area contributed by atoms with Crippen LogP contribution in [-0.4, -0.2) is 60.4 Å². The molecule has 26 heavy (non-hydrogen) atoms. The van der Waals surface area contributed by atoms with Crippen LogP contribution >= 0.6 is 11.8 Å². The monoisotopic (exact) mass is 375 g/mol. The van der Waals surface area contributed by atoms with Crippen molar-refractivity contribution < 1.29 is 14.3 Å². The van der Waals surface area contributed by atoms with Gasteiger partial charge in [-0.15, -0.1) is 11.8 Å². The predicted molar refractivity (Wildman–Crippen MR) is 99.6 cm³/mol. The molecule has 140 valence electrons. The number of carbonyl (C=O) groups is 2. The lowest BCUT2D eigenvalue weighted by Crippen LogP contribution is -2.46. The average Bonchev–Trinajstić information content (AvgIpc) is 3.28. The maximum absolute atomic E-state index is 12.8. The Balaban J connectivity index is 1.35. The molecule has 3 aliphatic rings. The van der Waals surface area contributed by atoms with Crippen molar-refractivity contribution in [3.8, 4) is 0 Å². The van der Waals surface area contributed by atoms with E-state index in [0.717, 1.165) is 18.6 Å². The third-order valence-electron chi connectivity index (χ3n) is 5.72. The predicted octanol–water partition coefficient (Wildman–Crippen LogP) is 0.860. The molecule has 0 unspecified atom stereocenters. The van der Waals surface area contributed by atoms with Crippen LogP contribution in [0.1, 0.15) is 12.8 Å². The van der Waals surface area contributed by atoms with E-state index in [4.69, 9.17) is 10.5 Å². The first-order valence-electron chi connectivity index (χ1n) is 9.27. The Kier molecular flexibility index (Phi) is 4.94. The number of rotatable bonds is 7. The van der Waals surface area contributed by atoms with Gasteiger partial charge >= 0.3 is 0 Å². The number of fused-ring (bicyclic) bond motifs is 1. The van der Waals surface area contributed by atoms with Gasteiger partial charge < -0.3 is 20.7 Å². The number of hydrogen-bond donors (Lipinski definition) is 2. The van der Waals surface area contributed by atoms with Gasteiger partial charge in [0.05, 0.1) is 30.1 Å². The molecule has 3 heterocycles.